The van der Waals surface area contributed by atoms with E-state index < -0.39 is 6.09 Å². The van der Waals surface area contributed by atoms with E-state index in [2.05, 4.69) is 18.7 Å². The van der Waals surface area contributed by atoms with Crippen molar-refractivity contribution >= 4 is 11.9 Å². The summed E-state index contributed by atoms with van der Waals surface area (Å²) in [6.45, 7) is 7.23. The van der Waals surface area contributed by atoms with E-state index >= 15 is 0 Å². The maximum absolute atomic E-state index is 11.1. The molecule has 5 nitrogen and oxygen atoms in total. The number of carbonyl (C=O) groups is 1. The van der Waals surface area contributed by atoms with E-state index in [0.29, 0.717) is 19.1 Å². The van der Waals surface area contributed by atoms with Gasteiger partial charge in [0.15, 0.2) is 0 Å². The van der Waals surface area contributed by atoms with Crippen LogP contribution < -0.4 is 4.90 Å². The molecule has 1 N–H and O–H groups in total. The van der Waals surface area contributed by atoms with Crippen molar-refractivity contribution in [3.63, 3.8) is 0 Å². The molecule has 2 heterocycles. The second-order valence-electron chi connectivity index (χ2n) is 5.48. The van der Waals surface area contributed by atoms with Crippen LogP contribution >= 0.6 is 0 Å². The number of amides is 1. The molecule has 0 saturated carbocycles. The fourth-order valence-corrected chi connectivity index (χ4v) is 2.35. The van der Waals surface area contributed by atoms with Gasteiger partial charge in [-0.3, -0.25) is 0 Å². The van der Waals surface area contributed by atoms with Crippen molar-refractivity contribution in [2.45, 2.75) is 39.3 Å². The van der Waals surface area contributed by atoms with E-state index in [-0.39, 0.29) is 5.92 Å². The number of nitrogens with zero attached hydrogens (tertiary/aromatic N) is 3. The van der Waals surface area contributed by atoms with Gasteiger partial charge in [0, 0.05) is 25.6 Å². The van der Waals surface area contributed by atoms with E-state index in [4.69, 9.17) is 10.1 Å². The van der Waals surface area contributed by atoms with Crippen LogP contribution in [0.25, 0.3) is 0 Å². The van der Waals surface area contributed by atoms with Crippen molar-refractivity contribution in [3.05, 3.63) is 23.4 Å². The molecule has 1 atom stereocenters. The summed E-state index contributed by atoms with van der Waals surface area (Å²) in [5.74, 6) is 1.09. The van der Waals surface area contributed by atoms with Crippen LogP contribution in [0.15, 0.2) is 12.1 Å². The van der Waals surface area contributed by atoms with Gasteiger partial charge in [-0.15, -0.1) is 0 Å². The van der Waals surface area contributed by atoms with E-state index in [1.54, 1.807) is 0 Å². The topological polar surface area (TPSA) is 56.7 Å². The summed E-state index contributed by atoms with van der Waals surface area (Å²) in [4.78, 5) is 19.4. The lowest BCUT2D eigenvalue weighted by atomic mass is 9.96. The molecule has 0 spiro atoms. The first-order valence-corrected chi connectivity index (χ1v) is 6.60. The largest absolute Gasteiger partial charge is 0.465 e. The smallest absolute Gasteiger partial charge is 0.407 e. The van der Waals surface area contributed by atoms with Gasteiger partial charge >= 0.3 is 6.09 Å². The number of anilines is 1. The summed E-state index contributed by atoms with van der Waals surface area (Å²) < 4.78 is 0. The molecule has 0 radical (unpaired) electrons. The number of aromatic nitrogens is 1. The Balaban J connectivity index is 2.32. The molecule has 0 unspecified atom stereocenters. The van der Waals surface area contributed by atoms with Gasteiger partial charge in [-0.05, 0) is 25.5 Å². The Bertz CT molecular complexity index is 488. The normalized spacial score (nSPS) is 18.4. The van der Waals surface area contributed by atoms with Gasteiger partial charge in [-0.2, -0.15) is 0 Å². The van der Waals surface area contributed by atoms with Gasteiger partial charge < -0.3 is 14.9 Å². The van der Waals surface area contributed by atoms with Crippen LogP contribution in [-0.2, 0) is 6.54 Å². The van der Waals surface area contributed by atoms with Crippen LogP contribution in [-0.4, -0.2) is 40.7 Å². The third-order valence-electron chi connectivity index (χ3n) is 3.73. The highest BCUT2D eigenvalue weighted by atomic mass is 16.4. The zero-order valence-electron chi connectivity index (χ0n) is 11.9. The third-order valence-corrected chi connectivity index (χ3v) is 3.73. The van der Waals surface area contributed by atoms with Gasteiger partial charge in [0.05, 0.1) is 12.2 Å². The Labute approximate surface area is 113 Å². The fourth-order valence-electron chi connectivity index (χ4n) is 2.35. The van der Waals surface area contributed by atoms with Crippen molar-refractivity contribution in [1.29, 1.82) is 0 Å². The van der Waals surface area contributed by atoms with E-state index in [1.807, 2.05) is 26.1 Å². The molecule has 1 amide bonds. The average molecular weight is 263 g/mol. The summed E-state index contributed by atoms with van der Waals surface area (Å²) >= 11 is 0. The molecule has 2 rings (SSSR count). The molecule has 1 aliphatic rings. The van der Waals surface area contributed by atoms with E-state index in [0.717, 1.165) is 17.1 Å². The molecule has 104 valence electrons. The van der Waals surface area contributed by atoms with Crippen LogP contribution in [0.4, 0.5) is 10.6 Å². The molecule has 1 aromatic heterocycles. The Morgan fingerprint density at radius 2 is 2.21 bits per heavy atom. The molecule has 5 heteroatoms. The van der Waals surface area contributed by atoms with Crippen LogP contribution in [0, 0.1) is 0 Å². The molecule has 19 heavy (non-hydrogen) atoms. The first-order chi connectivity index (χ1) is 8.90. The van der Waals surface area contributed by atoms with Crippen LogP contribution in [0.5, 0.6) is 0 Å². The number of carboxylic acid groups (broad SMARTS) is 1. The molecule has 0 bridgehead atoms. The third kappa shape index (κ3) is 2.64. The predicted molar refractivity (Wildman–Crippen MR) is 74.6 cm³/mol. The Kier molecular flexibility index (Phi) is 3.64. The van der Waals surface area contributed by atoms with Crippen molar-refractivity contribution in [2.75, 3.05) is 18.5 Å². The molecular formula is C14H21N3O2. The average Bonchev–Trinajstić information content (AvgIpc) is 2.37. The summed E-state index contributed by atoms with van der Waals surface area (Å²) in [7, 11) is 2.02. The molecule has 0 saturated heterocycles. The minimum Gasteiger partial charge on any atom is -0.465 e. The van der Waals surface area contributed by atoms with Gasteiger partial charge in [0.2, 0.25) is 0 Å². The molecular weight excluding hydrogens is 242 g/mol. The highest BCUT2D eigenvalue weighted by Crippen LogP contribution is 2.28. The van der Waals surface area contributed by atoms with Crippen LogP contribution in [0.1, 0.15) is 37.9 Å². The summed E-state index contributed by atoms with van der Waals surface area (Å²) in [5.41, 5.74) is 2.05. The lowest BCUT2D eigenvalue weighted by Crippen LogP contribution is -2.37. The SMILES string of the molecule is CC(C)N(C)c1ccc2c(n1)[C@@H](C)CN(C(=O)O)C2. The van der Waals surface area contributed by atoms with Crippen LogP contribution in [0.3, 0.4) is 0 Å². The quantitative estimate of drug-likeness (QED) is 0.890. The monoisotopic (exact) mass is 263 g/mol. The highest BCUT2D eigenvalue weighted by molar-refractivity contribution is 5.65. The second kappa shape index (κ2) is 5.07. The highest BCUT2D eigenvalue weighted by Gasteiger charge is 2.27. The van der Waals surface area contributed by atoms with Gasteiger partial charge in [0.25, 0.3) is 0 Å². The van der Waals surface area contributed by atoms with E-state index in [9.17, 15) is 4.79 Å². The van der Waals surface area contributed by atoms with Crippen molar-refractivity contribution < 1.29 is 9.90 Å². The minimum atomic E-state index is -0.860. The van der Waals surface area contributed by atoms with Crippen molar-refractivity contribution in [2.24, 2.45) is 0 Å². The zero-order valence-corrected chi connectivity index (χ0v) is 11.9. The first kappa shape index (κ1) is 13.6. The van der Waals surface area contributed by atoms with Gasteiger partial charge in [0.1, 0.15) is 5.82 Å². The van der Waals surface area contributed by atoms with Gasteiger partial charge in [-0.1, -0.05) is 13.0 Å². The Hall–Kier alpha value is -1.78. The number of hydrogen-bond acceptors (Lipinski definition) is 3. The number of fused-ring (bicyclic) bond motifs is 1. The van der Waals surface area contributed by atoms with Gasteiger partial charge in [-0.25, -0.2) is 9.78 Å². The zero-order chi connectivity index (χ0) is 14.2. The lowest BCUT2D eigenvalue weighted by Gasteiger charge is -2.32. The Morgan fingerprint density at radius 1 is 1.53 bits per heavy atom. The van der Waals surface area contributed by atoms with Crippen molar-refractivity contribution in [1.82, 2.24) is 9.88 Å². The maximum atomic E-state index is 11.1. The fraction of sp³-hybridized carbons (Fsp3) is 0.571. The molecule has 0 aromatic carbocycles. The van der Waals surface area contributed by atoms with Crippen LogP contribution in [0.2, 0.25) is 0 Å². The van der Waals surface area contributed by atoms with E-state index in [1.165, 1.54) is 4.90 Å². The number of rotatable bonds is 2. The molecule has 1 aliphatic heterocycles. The van der Waals surface area contributed by atoms with Crippen molar-refractivity contribution in [3.8, 4) is 0 Å². The number of pyridine rings is 1. The summed E-state index contributed by atoms with van der Waals surface area (Å²) in [5, 5.41) is 9.09. The second-order valence-corrected chi connectivity index (χ2v) is 5.48. The maximum Gasteiger partial charge on any atom is 0.407 e. The summed E-state index contributed by atoms with van der Waals surface area (Å²) in [6, 6.07) is 4.36. The number of hydrogen-bond donors (Lipinski definition) is 1. The Morgan fingerprint density at radius 3 is 2.79 bits per heavy atom. The molecule has 0 fully saturated rings. The summed E-state index contributed by atoms with van der Waals surface area (Å²) in [6.07, 6.45) is -0.860. The minimum absolute atomic E-state index is 0.139. The predicted octanol–water partition coefficient (Wildman–Crippen LogP) is 2.52. The molecule has 1 aromatic rings. The standard InChI is InChI=1S/C14H21N3O2/c1-9(2)16(4)12-6-5-11-8-17(14(18)19)7-10(3)13(11)15-12/h5-6,9-10H,7-8H2,1-4H3,(H,18,19)/t10-/m0/s1. The first-order valence-electron chi connectivity index (χ1n) is 6.60. The molecule has 0 aliphatic carbocycles. The lowest BCUT2D eigenvalue weighted by molar-refractivity contribution is 0.135.